The first-order valence-corrected chi connectivity index (χ1v) is 9.34. The summed E-state index contributed by atoms with van der Waals surface area (Å²) in [6.45, 7) is 1.04. The summed E-state index contributed by atoms with van der Waals surface area (Å²) in [5, 5.41) is 12.8. The molecule has 0 saturated heterocycles. The van der Waals surface area contributed by atoms with Gasteiger partial charge in [0.05, 0.1) is 11.5 Å². The second kappa shape index (κ2) is 8.75. The topological polar surface area (TPSA) is 70.6 Å². The fraction of sp³-hybridized carbons (Fsp3) is 0.158. The number of nitrogens with one attached hydrogen (secondary N) is 2. The monoisotopic (exact) mass is 386 g/mol. The zero-order valence-electron chi connectivity index (χ0n) is 13.9. The third-order valence-electron chi connectivity index (χ3n) is 3.74. The average molecular weight is 386 g/mol. The van der Waals surface area contributed by atoms with E-state index in [4.69, 9.17) is 22.2 Å². The molecule has 0 unspecified atom stereocenters. The van der Waals surface area contributed by atoms with Crippen LogP contribution in [0, 0.1) is 0 Å². The van der Waals surface area contributed by atoms with Crippen LogP contribution >= 0.6 is 23.6 Å². The quantitative estimate of drug-likeness (QED) is 0.328. The van der Waals surface area contributed by atoms with Crippen molar-refractivity contribution in [1.29, 1.82) is 0 Å². The van der Waals surface area contributed by atoms with E-state index in [9.17, 15) is 4.79 Å². The maximum atomic E-state index is 12.2. The maximum Gasteiger partial charge on any atom is 0.261 e. The number of ether oxygens (including phenoxy) is 1. The van der Waals surface area contributed by atoms with Crippen molar-refractivity contribution in [2.45, 2.75) is 6.42 Å². The Kier molecular flexibility index (Phi) is 6.17. The molecule has 1 aromatic heterocycles. The molecule has 2 aromatic carbocycles. The van der Waals surface area contributed by atoms with Gasteiger partial charge >= 0.3 is 0 Å². The molecule has 3 rings (SSSR count). The third kappa shape index (κ3) is 4.57. The highest BCUT2D eigenvalue weighted by atomic mass is 32.1. The fourth-order valence-corrected chi connectivity index (χ4v) is 3.53. The highest BCUT2D eigenvalue weighted by molar-refractivity contribution is 7.80. The van der Waals surface area contributed by atoms with Crippen LogP contribution in [0.1, 0.15) is 21.7 Å². The molecule has 0 saturated carbocycles. The Bertz CT molecular complexity index is 874. The summed E-state index contributed by atoms with van der Waals surface area (Å²) >= 11 is 6.43. The lowest BCUT2D eigenvalue weighted by atomic mass is 10.2. The van der Waals surface area contributed by atoms with Gasteiger partial charge in [-0.05, 0) is 48.2 Å². The molecule has 134 valence electrons. The minimum absolute atomic E-state index is 0.0550. The van der Waals surface area contributed by atoms with E-state index in [1.807, 2.05) is 35.8 Å². The van der Waals surface area contributed by atoms with Crippen LogP contribution in [0.5, 0.6) is 5.75 Å². The van der Waals surface area contributed by atoms with Gasteiger partial charge in [0.2, 0.25) is 0 Å². The molecule has 0 spiro atoms. The molecule has 26 heavy (non-hydrogen) atoms. The number of carbonyl (C=O) groups is 1. The van der Waals surface area contributed by atoms with Crippen LogP contribution in [0.3, 0.4) is 0 Å². The zero-order chi connectivity index (χ0) is 18.4. The molecule has 1 amide bonds. The van der Waals surface area contributed by atoms with Gasteiger partial charge in [0.25, 0.3) is 5.91 Å². The normalized spacial score (nSPS) is 10.5. The van der Waals surface area contributed by atoms with Crippen LogP contribution in [0.2, 0.25) is 0 Å². The van der Waals surface area contributed by atoms with Crippen LogP contribution in [0.25, 0.3) is 10.1 Å². The number of rotatable bonds is 7. The molecule has 0 radical (unpaired) electrons. The van der Waals surface area contributed by atoms with Gasteiger partial charge in [-0.1, -0.05) is 30.4 Å². The highest BCUT2D eigenvalue weighted by Crippen LogP contribution is 2.25. The molecule has 1 heterocycles. The molecule has 0 atom stereocenters. The summed E-state index contributed by atoms with van der Waals surface area (Å²) in [5.41, 5.74) is 2.66. The number of carbonyl (C=O) groups excluding carboxylic acids is 1. The minimum atomic E-state index is -0.0550. The minimum Gasteiger partial charge on any atom is -0.494 e. The lowest BCUT2D eigenvalue weighted by molar-refractivity contribution is 0.0955. The van der Waals surface area contributed by atoms with Crippen LogP contribution in [0.15, 0.2) is 54.6 Å². The smallest absolute Gasteiger partial charge is 0.261 e. The van der Waals surface area contributed by atoms with Crippen molar-refractivity contribution in [2.75, 3.05) is 13.2 Å². The van der Waals surface area contributed by atoms with Gasteiger partial charge in [0, 0.05) is 16.8 Å². The standard InChI is InChI=1S/C19H18N2O3S2/c22-18(17-12-14-4-1-2-5-16(14)26-17)20-10-3-11-24-15-8-6-13(7-9-15)19(25)21-23/h1-2,4-9,12,23H,3,10-11H2,(H,20,22)(H,21,25). The largest absolute Gasteiger partial charge is 0.494 e. The van der Waals surface area contributed by atoms with Crippen LogP contribution in [0.4, 0.5) is 0 Å². The molecule has 0 aliphatic rings. The molecular weight excluding hydrogens is 368 g/mol. The predicted octanol–water partition coefficient (Wildman–Crippen LogP) is 3.75. The maximum absolute atomic E-state index is 12.2. The van der Waals surface area contributed by atoms with Gasteiger partial charge in [-0.15, -0.1) is 11.3 Å². The van der Waals surface area contributed by atoms with Gasteiger partial charge in [-0.25, -0.2) is 0 Å². The van der Waals surface area contributed by atoms with Crippen LogP contribution in [-0.2, 0) is 0 Å². The number of hydrogen-bond acceptors (Lipinski definition) is 5. The highest BCUT2D eigenvalue weighted by Gasteiger charge is 2.09. The lowest BCUT2D eigenvalue weighted by Crippen LogP contribution is -2.24. The first-order valence-electron chi connectivity index (χ1n) is 8.11. The van der Waals surface area contributed by atoms with Crippen molar-refractivity contribution in [3.63, 3.8) is 0 Å². The Balaban J connectivity index is 1.41. The molecule has 7 heteroatoms. The first kappa shape index (κ1) is 18.3. The van der Waals surface area contributed by atoms with Crippen molar-refractivity contribution in [1.82, 2.24) is 10.8 Å². The van der Waals surface area contributed by atoms with E-state index in [2.05, 4.69) is 5.32 Å². The number of benzene rings is 2. The number of fused-ring (bicyclic) bond motifs is 1. The van der Waals surface area contributed by atoms with E-state index in [1.165, 1.54) is 11.3 Å². The summed E-state index contributed by atoms with van der Waals surface area (Å²) < 4.78 is 6.75. The van der Waals surface area contributed by atoms with Crippen molar-refractivity contribution >= 4 is 44.5 Å². The summed E-state index contributed by atoms with van der Waals surface area (Å²) in [6, 6.07) is 17.0. The molecule has 0 aliphatic carbocycles. The Morgan fingerprint density at radius 2 is 1.92 bits per heavy atom. The van der Waals surface area contributed by atoms with Crippen molar-refractivity contribution in [2.24, 2.45) is 0 Å². The Hall–Kier alpha value is -2.48. The van der Waals surface area contributed by atoms with Crippen LogP contribution in [-0.4, -0.2) is 29.3 Å². The van der Waals surface area contributed by atoms with Crippen molar-refractivity contribution in [3.8, 4) is 5.75 Å². The van der Waals surface area contributed by atoms with E-state index < -0.39 is 0 Å². The Labute approximate surface area is 160 Å². The fourth-order valence-electron chi connectivity index (χ4n) is 2.41. The predicted molar refractivity (Wildman–Crippen MR) is 107 cm³/mol. The average Bonchev–Trinajstić information content (AvgIpc) is 3.12. The lowest BCUT2D eigenvalue weighted by Gasteiger charge is -2.08. The van der Waals surface area contributed by atoms with Gasteiger partial charge in [0.1, 0.15) is 10.7 Å². The Morgan fingerprint density at radius 1 is 1.15 bits per heavy atom. The molecular formula is C19H18N2O3S2. The zero-order valence-corrected chi connectivity index (χ0v) is 15.5. The molecule has 5 nitrogen and oxygen atoms in total. The molecule has 3 aromatic rings. The first-order chi connectivity index (χ1) is 12.7. The molecule has 0 aliphatic heterocycles. The summed E-state index contributed by atoms with van der Waals surface area (Å²) in [4.78, 5) is 13.2. The number of hydroxylamine groups is 1. The number of hydrogen-bond donors (Lipinski definition) is 3. The van der Waals surface area contributed by atoms with E-state index in [0.29, 0.717) is 30.9 Å². The SMILES string of the molecule is O=C(NCCCOc1ccc(C(=S)NO)cc1)c1cc2ccccc2s1. The molecule has 3 N–H and O–H groups in total. The van der Waals surface area contributed by atoms with E-state index in [0.717, 1.165) is 15.0 Å². The van der Waals surface area contributed by atoms with E-state index in [1.54, 1.807) is 24.3 Å². The van der Waals surface area contributed by atoms with Crippen molar-refractivity contribution < 1.29 is 14.7 Å². The second-order valence-corrected chi connectivity index (χ2v) is 7.06. The van der Waals surface area contributed by atoms with E-state index >= 15 is 0 Å². The summed E-state index contributed by atoms with van der Waals surface area (Å²) in [7, 11) is 0. The Morgan fingerprint density at radius 3 is 2.65 bits per heavy atom. The number of thiophene rings is 1. The summed E-state index contributed by atoms with van der Waals surface area (Å²) in [6.07, 6.45) is 0.703. The van der Waals surface area contributed by atoms with Crippen LogP contribution < -0.4 is 15.5 Å². The molecule has 0 bridgehead atoms. The van der Waals surface area contributed by atoms with Gasteiger partial charge in [-0.2, -0.15) is 0 Å². The molecule has 0 fully saturated rings. The van der Waals surface area contributed by atoms with Gasteiger partial charge in [-0.3, -0.25) is 15.5 Å². The van der Waals surface area contributed by atoms with E-state index in [-0.39, 0.29) is 10.9 Å². The summed E-state index contributed by atoms with van der Waals surface area (Å²) in [5.74, 6) is 0.658. The number of amides is 1. The van der Waals surface area contributed by atoms with Gasteiger partial charge < -0.3 is 10.1 Å². The second-order valence-electron chi connectivity index (χ2n) is 5.57. The third-order valence-corrected chi connectivity index (χ3v) is 5.18. The van der Waals surface area contributed by atoms with Gasteiger partial charge in [0.15, 0.2) is 0 Å². The number of thiocarbonyl (C=S) groups is 1. The van der Waals surface area contributed by atoms with Crippen molar-refractivity contribution in [3.05, 3.63) is 65.0 Å².